The van der Waals surface area contributed by atoms with Gasteiger partial charge in [-0.05, 0) is 19.1 Å². The first-order valence-corrected chi connectivity index (χ1v) is 8.33. The molecule has 0 radical (unpaired) electrons. The summed E-state index contributed by atoms with van der Waals surface area (Å²) in [6, 6.07) is 3.78. The predicted octanol–water partition coefficient (Wildman–Crippen LogP) is 3.67. The fourth-order valence-electron chi connectivity index (χ4n) is 2.12. The standard InChI is InChI=1S/C12H10Cl2N4.C5H10N2/c1-17-11-5-9(14)8(13)4-10(11)16-12(17)6-18-3-2-15-7-18;1-3-5(2)7-4-6/h2-5,7H,6H2,1H3;3-5H,1H2,2H3,(H2,6,7). The summed E-state index contributed by atoms with van der Waals surface area (Å²) in [7, 11) is 1.96. The van der Waals surface area contributed by atoms with Crippen LogP contribution < -0.4 is 5.73 Å². The maximum Gasteiger partial charge on any atom is 0.129 e. The molecule has 0 aliphatic heterocycles. The third-order valence-electron chi connectivity index (χ3n) is 3.56. The number of hydrogen-bond acceptors (Lipinski definition) is 3. The molecule has 3 rings (SSSR count). The highest BCUT2D eigenvalue weighted by molar-refractivity contribution is 6.42. The molecule has 6 nitrogen and oxygen atoms in total. The Hall–Kier alpha value is -2.31. The van der Waals surface area contributed by atoms with Gasteiger partial charge in [0.05, 0.1) is 46.3 Å². The fourth-order valence-corrected chi connectivity index (χ4v) is 2.43. The van der Waals surface area contributed by atoms with Crippen molar-refractivity contribution >= 4 is 40.6 Å². The van der Waals surface area contributed by atoms with Crippen molar-refractivity contribution in [2.45, 2.75) is 19.5 Å². The number of nitrogens with two attached hydrogens (primary N) is 1. The van der Waals surface area contributed by atoms with E-state index in [4.69, 9.17) is 28.9 Å². The summed E-state index contributed by atoms with van der Waals surface area (Å²) in [6.45, 7) is 6.09. The van der Waals surface area contributed by atoms with Gasteiger partial charge in [-0.1, -0.05) is 29.3 Å². The maximum absolute atomic E-state index is 6.02. The van der Waals surface area contributed by atoms with Gasteiger partial charge in [-0.2, -0.15) is 0 Å². The van der Waals surface area contributed by atoms with Crippen molar-refractivity contribution < 1.29 is 0 Å². The van der Waals surface area contributed by atoms with Crippen molar-refractivity contribution in [1.29, 1.82) is 0 Å². The number of rotatable bonds is 4. The van der Waals surface area contributed by atoms with Crippen LogP contribution >= 0.6 is 23.2 Å². The van der Waals surface area contributed by atoms with Crippen LogP contribution in [0.1, 0.15) is 12.7 Å². The first-order chi connectivity index (χ1) is 12.0. The molecule has 0 saturated carbocycles. The molecule has 2 aromatic heterocycles. The third kappa shape index (κ3) is 4.84. The van der Waals surface area contributed by atoms with Gasteiger partial charge in [0.1, 0.15) is 5.82 Å². The Balaban J connectivity index is 0.000000277. The van der Waals surface area contributed by atoms with Gasteiger partial charge in [0, 0.05) is 19.4 Å². The Morgan fingerprint density at radius 3 is 2.64 bits per heavy atom. The number of aliphatic imine (C=N–C) groups is 1. The van der Waals surface area contributed by atoms with Crippen molar-refractivity contribution in [3.05, 3.63) is 59.4 Å². The second-order valence-corrected chi connectivity index (χ2v) is 6.17. The summed E-state index contributed by atoms with van der Waals surface area (Å²) in [5.41, 5.74) is 6.79. The number of aromatic nitrogens is 4. The lowest BCUT2D eigenvalue weighted by atomic mass is 10.3. The zero-order chi connectivity index (χ0) is 18.4. The van der Waals surface area contributed by atoms with Crippen LogP contribution in [0.4, 0.5) is 0 Å². The first-order valence-electron chi connectivity index (χ1n) is 7.58. The Bertz CT molecular complexity index is 867. The lowest BCUT2D eigenvalue weighted by Crippen LogP contribution is -2.03. The second-order valence-electron chi connectivity index (χ2n) is 5.35. The molecule has 2 N–H and O–H groups in total. The minimum atomic E-state index is 0.157. The van der Waals surface area contributed by atoms with Crippen molar-refractivity contribution in [3.63, 3.8) is 0 Å². The van der Waals surface area contributed by atoms with E-state index in [9.17, 15) is 0 Å². The molecule has 1 atom stereocenters. The lowest BCUT2D eigenvalue weighted by molar-refractivity contribution is 0.707. The molecule has 0 amide bonds. The van der Waals surface area contributed by atoms with Crippen LogP contribution in [0.2, 0.25) is 10.0 Å². The van der Waals surface area contributed by atoms with Gasteiger partial charge in [0.2, 0.25) is 0 Å². The molecule has 1 unspecified atom stereocenters. The van der Waals surface area contributed by atoms with E-state index >= 15 is 0 Å². The molecule has 25 heavy (non-hydrogen) atoms. The molecule has 0 aliphatic carbocycles. The van der Waals surface area contributed by atoms with E-state index in [1.165, 1.54) is 6.34 Å². The van der Waals surface area contributed by atoms with Gasteiger partial charge in [0.15, 0.2) is 0 Å². The van der Waals surface area contributed by atoms with E-state index < -0.39 is 0 Å². The van der Waals surface area contributed by atoms with E-state index in [2.05, 4.69) is 21.5 Å². The van der Waals surface area contributed by atoms with Crippen LogP contribution in [0.25, 0.3) is 11.0 Å². The van der Waals surface area contributed by atoms with E-state index in [1.54, 1.807) is 24.7 Å². The summed E-state index contributed by atoms with van der Waals surface area (Å²) >= 11 is 12.0. The average Bonchev–Trinajstić information content (AvgIpc) is 3.19. The highest BCUT2D eigenvalue weighted by Crippen LogP contribution is 2.27. The molecule has 8 heteroatoms. The number of hydrogen-bond donors (Lipinski definition) is 1. The van der Waals surface area contributed by atoms with E-state index in [-0.39, 0.29) is 6.04 Å². The molecule has 132 valence electrons. The van der Waals surface area contributed by atoms with Gasteiger partial charge < -0.3 is 14.9 Å². The van der Waals surface area contributed by atoms with E-state index in [0.717, 1.165) is 16.9 Å². The Kier molecular flexibility index (Phi) is 6.61. The Morgan fingerprint density at radius 1 is 1.36 bits per heavy atom. The second kappa shape index (κ2) is 8.69. The normalized spacial score (nSPS) is 12.2. The van der Waals surface area contributed by atoms with Crippen molar-refractivity contribution in [1.82, 2.24) is 19.1 Å². The summed E-state index contributed by atoms with van der Waals surface area (Å²) in [4.78, 5) is 12.4. The lowest BCUT2D eigenvalue weighted by Gasteiger charge is -2.03. The maximum atomic E-state index is 6.02. The van der Waals surface area contributed by atoms with E-state index in [1.807, 2.05) is 35.4 Å². The smallest absolute Gasteiger partial charge is 0.129 e. The minimum Gasteiger partial charge on any atom is -0.390 e. The number of fused-ring (bicyclic) bond motifs is 1. The average molecular weight is 379 g/mol. The topological polar surface area (TPSA) is 74.0 Å². The van der Waals surface area contributed by atoms with Gasteiger partial charge in [-0.25, -0.2) is 9.97 Å². The molecule has 0 spiro atoms. The molecule has 3 aromatic rings. The molecule has 2 heterocycles. The Labute approximate surface area is 156 Å². The Morgan fingerprint density at radius 2 is 2.08 bits per heavy atom. The fraction of sp³-hybridized carbons (Fsp3) is 0.235. The first kappa shape index (κ1) is 19.0. The van der Waals surface area contributed by atoms with Crippen LogP contribution in [-0.2, 0) is 13.6 Å². The summed E-state index contributed by atoms with van der Waals surface area (Å²) in [5, 5.41) is 1.07. The molecule has 0 aliphatic rings. The number of benzene rings is 1. The van der Waals surface area contributed by atoms with Crippen molar-refractivity contribution in [2.24, 2.45) is 17.8 Å². The van der Waals surface area contributed by atoms with Crippen LogP contribution in [0.15, 0.2) is 48.5 Å². The van der Waals surface area contributed by atoms with Crippen LogP contribution in [0, 0.1) is 0 Å². The molecule has 0 bridgehead atoms. The largest absolute Gasteiger partial charge is 0.390 e. The highest BCUT2D eigenvalue weighted by atomic mass is 35.5. The monoisotopic (exact) mass is 378 g/mol. The number of aryl methyl sites for hydroxylation is 1. The summed E-state index contributed by atoms with van der Waals surface area (Å²) in [5.74, 6) is 0.932. The van der Waals surface area contributed by atoms with Gasteiger partial charge in [-0.3, -0.25) is 4.99 Å². The quantitative estimate of drug-likeness (QED) is 0.427. The summed E-state index contributed by atoms with van der Waals surface area (Å²) < 4.78 is 3.97. The molecular weight excluding hydrogens is 359 g/mol. The van der Waals surface area contributed by atoms with Gasteiger partial charge in [0.25, 0.3) is 0 Å². The molecular formula is C17H20Cl2N6. The zero-order valence-electron chi connectivity index (χ0n) is 14.1. The number of halogens is 2. The van der Waals surface area contributed by atoms with Crippen LogP contribution in [0.3, 0.4) is 0 Å². The SMILES string of the molecule is C=CC(C)N=CN.Cn1c(Cn2ccnc2)nc2cc(Cl)c(Cl)cc21. The molecule has 0 fully saturated rings. The third-order valence-corrected chi connectivity index (χ3v) is 4.28. The van der Waals surface area contributed by atoms with Gasteiger partial charge >= 0.3 is 0 Å². The van der Waals surface area contributed by atoms with Crippen molar-refractivity contribution in [3.8, 4) is 0 Å². The molecule has 0 saturated heterocycles. The van der Waals surface area contributed by atoms with Crippen LogP contribution in [0.5, 0.6) is 0 Å². The highest BCUT2D eigenvalue weighted by Gasteiger charge is 2.10. The van der Waals surface area contributed by atoms with E-state index in [0.29, 0.717) is 16.6 Å². The molecule has 1 aromatic carbocycles. The minimum absolute atomic E-state index is 0.157. The van der Waals surface area contributed by atoms with Gasteiger partial charge in [-0.15, -0.1) is 6.58 Å². The predicted molar refractivity (Wildman–Crippen MR) is 104 cm³/mol. The van der Waals surface area contributed by atoms with Crippen LogP contribution in [-0.4, -0.2) is 31.5 Å². The zero-order valence-corrected chi connectivity index (χ0v) is 15.6. The summed E-state index contributed by atoms with van der Waals surface area (Å²) in [6.07, 6.45) is 8.42. The number of imidazole rings is 2. The number of nitrogens with zero attached hydrogens (tertiary/aromatic N) is 5. The van der Waals surface area contributed by atoms with Crippen molar-refractivity contribution in [2.75, 3.05) is 0 Å².